The molecule has 1 aromatic rings. The van der Waals surface area contributed by atoms with Gasteiger partial charge in [-0.25, -0.2) is 0 Å². The first kappa shape index (κ1) is 16.2. The first-order chi connectivity index (χ1) is 9.38. The molecule has 0 radical (unpaired) electrons. The fourth-order valence-corrected chi connectivity index (χ4v) is 1.54. The lowest BCUT2D eigenvalue weighted by atomic mass is 10.2. The summed E-state index contributed by atoms with van der Waals surface area (Å²) in [7, 11) is 0. The molecule has 1 rings (SSSR count). The van der Waals surface area contributed by atoms with Crippen LogP contribution in [-0.4, -0.2) is 17.9 Å². The molecule has 0 bridgehead atoms. The number of rotatable bonds is 6. The standard InChI is InChI=1S/C15H23N3O2/c1-10(2)15(20)18-13-6-4-5-12(9-13)17-14(19)8-7-11(3)16/h4-6,9-11H,7-8,16H2,1-3H3,(H,17,19)(H,18,20). The van der Waals surface area contributed by atoms with Gasteiger partial charge in [0.15, 0.2) is 0 Å². The highest BCUT2D eigenvalue weighted by molar-refractivity contribution is 5.94. The molecule has 0 aliphatic rings. The van der Waals surface area contributed by atoms with Gasteiger partial charge in [0, 0.05) is 29.8 Å². The lowest BCUT2D eigenvalue weighted by molar-refractivity contribution is -0.119. The molecule has 2 amide bonds. The molecule has 4 N–H and O–H groups in total. The van der Waals surface area contributed by atoms with Crippen LogP contribution in [0.4, 0.5) is 11.4 Å². The minimum atomic E-state index is -0.0840. The topological polar surface area (TPSA) is 84.2 Å². The largest absolute Gasteiger partial charge is 0.328 e. The van der Waals surface area contributed by atoms with E-state index in [1.807, 2.05) is 20.8 Å². The van der Waals surface area contributed by atoms with Crippen molar-refractivity contribution in [3.05, 3.63) is 24.3 Å². The van der Waals surface area contributed by atoms with E-state index in [0.717, 1.165) is 0 Å². The van der Waals surface area contributed by atoms with E-state index in [1.165, 1.54) is 0 Å². The molecule has 110 valence electrons. The zero-order valence-electron chi connectivity index (χ0n) is 12.3. The Morgan fingerprint density at radius 2 is 1.75 bits per heavy atom. The number of nitrogens with one attached hydrogen (secondary N) is 2. The molecule has 0 spiro atoms. The van der Waals surface area contributed by atoms with E-state index in [1.54, 1.807) is 24.3 Å². The second-order valence-corrected chi connectivity index (χ2v) is 5.29. The fraction of sp³-hybridized carbons (Fsp3) is 0.467. The van der Waals surface area contributed by atoms with Crippen LogP contribution in [-0.2, 0) is 9.59 Å². The Morgan fingerprint density at radius 3 is 2.30 bits per heavy atom. The average Bonchev–Trinajstić information content (AvgIpc) is 2.36. The van der Waals surface area contributed by atoms with Gasteiger partial charge in [-0.1, -0.05) is 19.9 Å². The van der Waals surface area contributed by atoms with E-state index in [4.69, 9.17) is 5.73 Å². The van der Waals surface area contributed by atoms with Gasteiger partial charge in [-0.05, 0) is 31.5 Å². The molecule has 0 fully saturated rings. The van der Waals surface area contributed by atoms with Crippen LogP contribution in [0.5, 0.6) is 0 Å². The highest BCUT2D eigenvalue weighted by Crippen LogP contribution is 2.16. The van der Waals surface area contributed by atoms with E-state index in [2.05, 4.69) is 10.6 Å². The van der Waals surface area contributed by atoms with Crippen molar-refractivity contribution in [3.63, 3.8) is 0 Å². The first-order valence-corrected chi connectivity index (χ1v) is 6.85. The third kappa shape index (κ3) is 5.84. The van der Waals surface area contributed by atoms with Crippen LogP contribution in [0.3, 0.4) is 0 Å². The smallest absolute Gasteiger partial charge is 0.226 e. The molecular weight excluding hydrogens is 254 g/mol. The number of hydrogen-bond donors (Lipinski definition) is 3. The van der Waals surface area contributed by atoms with E-state index >= 15 is 0 Å². The number of carbonyl (C=O) groups excluding carboxylic acids is 2. The summed E-state index contributed by atoms with van der Waals surface area (Å²) in [4.78, 5) is 23.3. The molecule has 1 atom stereocenters. The number of carbonyl (C=O) groups is 2. The van der Waals surface area contributed by atoms with Crippen LogP contribution in [0.1, 0.15) is 33.6 Å². The van der Waals surface area contributed by atoms with Gasteiger partial charge in [0.1, 0.15) is 0 Å². The Balaban J connectivity index is 2.59. The summed E-state index contributed by atoms with van der Waals surface area (Å²) < 4.78 is 0. The van der Waals surface area contributed by atoms with Crippen molar-refractivity contribution in [3.8, 4) is 0 Å². The normalized spacial score (nSPS) is 12.1. The second kappa shape index (κ2) is 7.65. The summed E-state index contributed by atoms with van der Waals surface area (Å²) in [6, 6.07) is 7.12. The summed E-state index contributed by atoms with van der Waals surface area (Å²) in [5.74, 6) is -0.209. The maximum Gasteiger partial charge on any atom is 0.226 e. The molecule has 5 nitrogen and oxygen atoms in total. The second-order valence-electron chi connectivity index (χ2n) is 5.29. The van der Waals surface area contributed by atoms with Crippen molar-refractivity contribution in [2.75, 3.05) is 10.6 Å². The molecule has 20 heavy (non-hydrogen) atoms. The van der Waals surface area contributed by atoms with Gasteiger partial charge in [-0.2, -0.15) is 0 Å². The summed E-state index contributed by atoms with van der Waals surface area (Å²) >= 11 is 0. The van der Waals surface area contributed by atoms with Crippen LogP contribution >= 0.6 is 0 Å². The van der Waals surface area contributed by atoms with Crippen LogP contribution in [0, 0.1) is 5.92 Å². The monoisotopic (exact) mass is 277 g/mol. The summed E-state index contributed by atoms with van der Waals surface area (Å²) in [5, 5.41) is 5.59. The van der Waals surface area contributed by atoms with Gasteiger partial charge >= 0.3 is 0 Å². The van der Waals surface area contributed by atoms with Gasteiger partial charge in [0.25, 0.3) is 0 Å². The molecule has 5 heteroatoms. The van der Waals surface area contributed by atoms with Crippen molar-refractivity contribution in [1.82, 2.24) is 0 Å². The first-order valence-electron chi connectivity index (χ1n) is 6.85. The Labute approximate surface area is 119 Å². The molecule has 0 aromatic heterocycles. The van der Waals surface area contributed by atoms with E-state index in [-0.39, 0.29) is 23.8 Å². The van der Waals surface area contributed by atoms with Crippen molar-refractivity contribution >= 4 is 23.2 Å². The highest BCUT2D eigenvalue weighted by atomic mass is 16.2. The fourth-order valence-electron chi connectivity index (χ4n) is 1.54. The summed E-state index contributed by atoms with van der Waals surface area (Å²) in [6.07, 6.45) is 1.04. The zero-order chi connectivity index (χ0) is 15.1. The zero-order valence-corrected chi connectivity index (χ0v) is 12.3. The van der Waals surface area contributed by atoms with Crippen LogP contribution in [0.2, 0.25) is 0 Å². The van der Waals surface area contributed by atoms with E-state index in [9.17, 15) is 9.59 Å². The molecule has 0 aliphatic heterocycles. The summed E-state index contributed by atoms with van der Waals surface area (Å²) in [6.45, 7) is 5.53. The predicted octanol–water partition coefficient (Wildman–Crippen LogP) is 2.35. The molecule has 0 saturated heterocycles. The van der Waals surface area contributed by atoms with Crippen molar-refractivity contribution in [1.29, 1.82) is 0 Å². The van der Waals surface area contributed by atoms with E-state index < -0.39 is 0 Å². The van der Waals surface area contributed by atoms with Crippen molar-refractivity contribution < 1.29 is 9.59 Å². The minimum Gasteiger partial charge on any atom is -0.328 e. The van der Waals surface area contributed by atoms with Crippen molar-refractivity contribution in [2.45, 2.75) is 39.7 Å². The van der Waals surface area contributed by atoms with Gasteiger partial charge in [0.2, 0.25) is 11.8 Å². The molecular formula is C15H23N3O2. The average molecular weight is 277 g/mol. The summed E-state index contributed by atoms with van der Waals surface area (Å²) in [5.41, 5.74) is 6.96. The number of anilines is 2. The quantitative estimate of drug-likeness (QED) is 0.746. The third-order valence-corrected chi connectivity index (χ3v) is 2.76. The molecule has 1 unspecified atom stereocenters. The predicted molar refractivity (Wildman–Crippen MR) is 81.4 cm³/mol. The highest BCUT2D eigenvalue weighted by Gasteiger charge is 2.08. The molecule has 1 aromatic carbocycles. The minimum absolute atomic E-state index is 0.0115. The maximum atomic E-state index is 11.7. The Hall–Kier alpha value is -1.88. The van der Waals surface area contributed by atoms with Gasteiger partial charge < -0.3 is 16.4 Å². The Bertz CT molecular complexity index is 470. The van der Waals surface area contributed by atoms with Crippen LogP contribution in [0.15, 0.2) is 24.3 Å². The van der Waals surface area contributed by atoms with Crippen LogP contribution < -0.4 is 16.4 Å². The Kier molecular flexibility index (Phi) is 6.18. The molecule has 0 saturated carbocycles. The van der Waals surface area contributed by atoms with E-state index in [0.29, 0.717) is 24.2 Å². The maximum absolute atomic E-state index is 11.7. The van der Waals surface area contributed by atoms with Gasteiger partial charge in [-0.15, -0.1) is 0 Å². The third-order valence-electron chi connectivity index (χ3n) is 2.76. The van der Waals surface area contributed by atoms with Gasteiger partial charge in [0.05, 0.1) is 0 Å². The Morgan fingerprint density at radius 1 is 1.15 bits per heavy atom. The molecule has 0 heterocycles. The number of nitrogens with two attached hydrogens (primary N) is 1. The molecule has 0 aliphatic carbocycles. The SMILES string of the molecule is CC(N)CCC(=O)Nc1cccc(NC(=O)C(C)C)c1. The van der Waals surface area contributed by atoms with Gasteiger partial charge in [-0.3, -0.25) is 9.59 Å². The lowest BCUT2D eigenvalue weighted by Crippen LogP contribution is -2.20. The lowest BCUT2D eigenvalue weighted by Gasteiger charge is -2.10. The number of benzene rings is 1. The number of hydrogen-bond acceptors (Lipinski definition) is 3. The number of amides is 2. The van der Waals surface area contributed by atoms with Crippen LogP contribution in [0.25, 0.3) is 0 Å². The van der Waals surface area contributed by atoms with Crippen molar-refractivity contribution in [2.24, 2.45) is 11.7 Å².